The lowest BCUT2D eigenvalue weighted by molar-refractivity contribution is 0.0697. The molecule has 0 radical (unpaired) electrons. The normalized spacial score (nSPS) is 18.2. The number of rotatable bonds is 5. The van der Waals surface area contributed by atoms with E-state index in [2.05, 4.69) is 6.92 Å². The zero-order chi connectivity index (χ0) is 14.5. The molecule has 1 aliphatic heterocycles. The van der Waals surface area contributed by atoms with Gasteiger partial charge in [-0.3, -0.25) is 4.79 Å². The predicted molar refractivity (Wildman–Crippen MR) is 77.0 cm³/mol. The number of carboxylic acid groups (broad SMARTS) is 1. The first-order valence-corrected chi connectivity index (χ1v) is 7.27. The highest BCUT2D eigenvalue weighted by Crippen LogP contribution is 2.24. The quantitative estimate of drug-likeness (QED) is 0.898. The van der Waals surface area contributed by atoms with Crippen LogP contribution >= 0.6 is 0 Å². The summed E-state index contributed by atoms with van der Waals surface area (Å²) in [5.74, 6) is -1.03. The lowest BCUT2D eigenvalue weighted by atomic mass is 10.1. The molecule has 108 valence electrons. The molecule has 4 nitrogen and oxygen atoms in total. The van der Waals surface area contributed by atoms with E-state index in [4.69, 9.17) is 5.11 Å². The summed E-state index contributed by atoms with van der Waals surface area (Å²) in [6.45, 7) is 2.93. The predicted octanol–water partition coefficient (Wildman–Crippen LogP) is 3.18. The molecule has 1 aliphatic rings. The van der Waals surface area contributed by atoms with Crippen LogP contribution in [0.1, 0.15) is 59.7 Å². The fourth-order valence-corrected chi connectivity index (χ4v) is 2.79. The second-order valence-electron chi connectivity index (χ2n) is 5.32. The Kier molecular flexibility index (Phi) is 4.77. The fraction of sp³-hybridized carbons (Fsp3) is 0.500. The highest BCUT2D eigenvalue weighted by molar-refractivity contribution is 5.97. The molecule has 1 fully saturated rings. The van der Waals surface area contributed by atoms with Gasteiger partial charge in [-0.05, 0) is 37.5 Å². The molecule has 0 aliphatic carbocycles. The number of unbranched alkanes of at least 4 members (excludes halogenated alkanes) is 1. The Labute approximate surface area is 119 Å². The summed E-state index contributed by atoms with van der Waals surface area (Å²) in [6, 6.07) is 6.63. The number of likely N-dealkylation sites (tertiary alicyclic amines) is 1. The van der Waals surface area contributed by atoms with Gasteiger partial charge in [-0.15, -0.1) is 0 Å². The molecule has 1 atom stereocenters. The molecule has 1 aromatic carbocycles. The van der Waals surface area contributed by atoms with Crippen molar-refractivity contribution in [2.75, 3.05) is 6.54 Å². The van der Waals surface area contributed by atoms with Gasteiger partial charge in [-0.1, -0.05) is 25.8 Å². The molecule has 20 heavy (non-hydrogen) atoms. The number of nitrogens with zero attached hydrogens (tertiary/aromatic N) is 1. The van der Waals surface area contributed by atoms with Crippen molar-refractivity contribution in [1.82, 2.24) is 4.90 Å². The topological polar surface area (TPSA) is 57.6 Å². The number of carbonyl (C=O) groups excluding carboxylic acids is 1. The summed E-state index contributed by atoms with van der Waals surface area (Å²) in [4.78, 5) is 25.4. The van der Waals surface area contributed by atoms with Crippen molar-refractivity contribution in [2.45, 2.75) is 45.1 Å². The van der Waals surface area contributed by atoms with Crippen LogP contribution in [-0.4, -0.2) is 34.5 Å². The van der Waals surface area contributed by atoms with E-state index in [0.29, 0.717) is 11.6 Å². The van der Waals surface area contributed by atoms with Gasteiger partial charge in [0.25, 0.3) is 5.91 Å². The van der Waals surface area contributed by atoms with Crippen molar-refractivity contribution >= 4 is 11.9 Å². The van der Waals surface area contributed by atoms with Crippen molar-refractivity contribution in [2.24, 2.45) is 0 Å². The summed E-state index contributed by atoms with van der Waals surface area (Å²) in [6.07, 6.45) is 5.40. The lowest BCUT2D eigenvalue weighted by Gasteiger charge is -2.24. The first-order chi connectivity index (χ1) is 9.63. The van der Waals surface area contributed by atoms with Crippen LogP contribution in [0.25, 0.3) is 0 Å². The molecule has 1 saturated heterocycles. The van der Waals surface area contributed by atoms with Crippen LogP contribution in [0.15, 0.2) is 24.3 Å². The van der Waals surface area contributed by atoms with Gasteiger partial charge in [0.05, 0.1) is 5.56 Å². The van der Waals surface area contributed by atoms with Gasteiger partial charge in [0.2, 0.25) is 0 Å². The monoisotopic (exact) mass is 275 g/mol. The highest BCUT2D eigenvalue weighted by Gasteiger charge is 2.28. The molecule has 0 bridgehead atoms. The number of aromatic carboxylic acids is 1. The fourth-order valence-electron chi connectivity index (χ4n) is 2.79. The number of carbonyl (C=O) groups is 2. The van der Waals surface area contributed by atoms with Crippen LogP contribution in [0.3, 0.4) is 0 Å². The Bertz CT molecular complexity index is 498. The van der Waals surface area contributed by atoms with E-state index in [1.54, 1.807) is 12.1 Å². The van der Waals surface area contributed by atoms with E-state index in [1.807, 2.05) is 4.90 Å². The maximum Gasteiger partial charge on any atom is 0.335 e. The van der Waals surface area contributed by atoms with Crippen molar-refractivity contribution in [3.63, 3.8) is 0 Å². The van der Waals surface area contributed by atoms with Gasteiger partial charge in [-0.2, -0.15) is 0 Å². The van der Waals surface area contributed by atoms with E-state index in [1.165, 1.54) is 12.1 Å². The van der Waals surface area contributed by atoms with Gasteiger partial charge in [0.15, 0.2) is 0 Å². The van der Waals surface area contributed by atoms with Gasteiger partial charge < -0.3 is 10.0 Å². The smallest absolute Gasteiger partial charge is 0.335 e. The van der Waals surface area contributed by atoms with Crippen molar-refractivity contribution in [1.29, 1.82) is 0 Å². The zero-order valence-electron chi connectivity index (χ0n) is 11.8. The highest BCUT2D eigenvalue weighted by atomic mass is 16.4. The first kappa shape index (κ1) is 14.6. The van der Waals surface area contributed by atoms with Crippen molar-refractivity contribution < 1.29 is 14.7 Å². The lowest BCUT2D eigenvalue weighted by Crippen LogP contribution is -2.35. The number of benzene rings is 1. The van der Waals surface area contributed by atoms with Crippen LogP contribution in [0.2, 0.25) is 0 Å². The molecule has 1 amide bonds. The molecule has 1 unspecified atom stereocenters. The Morgan fingerprint density at radius 2 is 2.10 bits per heavy atom. The van der Waals surface area contributed by atoms with E-state index in [-0.39, 0.29) is 11.5 Å². The number of carboxylic acids is 1. The summed E-state index contributed by atoms with van der Waals surface area (Å²) in [5, 5.41) is 9.00. The summed E-state index contributed by atoms with van der Waals surface area (Å²) >= 11 is 0. The minimum Gasteiger partial charge on any atom is -0.478 e. The van der Waals surface area contributed by atoms with E-state index >= 15 is 0 Å². The molecule has 1 N–H and O–H groups in total. The Balaban J connectivity index is 2.13. The van der Waals surface area contributed by atoms with E-state index in [0.717, 1.165) is 38.6 Å². The summed E-state index contributed by atoms with van der Waals surface area (Å²) in [5.41, 5.74) is 0.647. The van der Waals surface area contributed by atoms with Crippen LogP contribution in [0.4, 0.5) is 0 Å². The number of hydrogen-bond acceptors (Lipinski definition) is 2. The maximum atomic E-state index is 12.5. The largest absolute Gasteiger partial charge is 0.478 e. The SMILES string of the molecule is CCCCC1CCCN1C(=O)c1cccc(C(=O)O)c1. The van der Waals surface area contributed by atoms with Gasteiger partial charge in [0, 0.05) is 18.2 Å². The summed E-state index contributed by atoms with van der Waals surface area (Å²) < 4.78 is 0. The zero-order valence-corrected chi connectivity index (χ0v) is 11.8. The molecule has 0 aromatic heterocycles. The molecule has 2 rings (SSSR count). The third-order valence-electron chi connectivity index (χ3n) is 3.89. The standard InChI is InChI=1S/C16H21NO3/c1-2-3-8-14-9-5-10-17(14)15(18)12-6-4-7-13(11-12)16(19)20/h4,6-7,11,14H,2-3,5,8-10H2,1H3,(H,19,20). The van der Waals surface area contributed by atoms with E-state index in [9.17, 15) is 9.59 Å². The van der Waals surface area contributed by atoms with Crippen LogP contribution < -0.4 is 0 Å². The third kappa shape index (κ3) is 3.18. The molecule has 4 heteroatoms. The average Bonchev–Trinajstić information content (AvgIpc) is 2.92. The number of hydrogen-bond donors (Lipinski definition) is 1. The minimum absolute atomic E-state index is 0.0355. The maximum absolute atomic E-state index is 12.5. The van der Waals surface area contributed by atoms with Crippen molar-refractivity contribution in [3.8, 4) is 0 Å². The van der Waals surface area contributed by atoms with Crippen molar-refractivity contribution in [3.05, 3.63) is 35.4 Å². The Hall–Kier alpha value is -1.84. The molecular weight excluding hydrogens is 254 g/mol. The van der Waals surface area contributed by atoms with Crippen LogP contribution in [-0.2, 0) is 0 Å². The summed E-state index contributed by atoms with van der Waals surface area (Å²) in [7, 11) is 0. The second-order valence-corrected chi connectivity index (χ2v) is 5.32. The second kappa shape index (κ2) is 6.55. The van der Waals surface area contributed by atoms with Gasteiger partial charge >= 0.3 is 5.97 Å². The van der Waals surface area contributed by atoms with Crippen LogP contribution in [0, 0.1) is 0 Å². The average molecular weight is 275 g/mol. The molecule has 1 aromatic rings. The van der Waals surface area contributed by atoms with Gasteiger partial charge in [0.1, 0.15) is 0 Å². The Morgan fingerprint density at radius 1 is 1.35 bits per heavy atom. The minimum atomic E-state index is -0.997. The molecule has 1 heterocycles. The number of amides is 1. The van der Waals surface area contributed by atoms with Gasteiger partial charge in [-0.25, -0.2) is 4.79 Å². The Morgan fingerprint density at radius 3 is 2.80 bits per heavy atom. The molecule has 0 spiro atoms. The molecular formula is C16H21NO3. The van der Waals surface area contributed by atoms with Crippen LogP contribution in [0.5, 0.6) is 0 Å². The molecule has 0 saturated carbocycles. The van der Waals surface area contributed by atoms with E-state index < -0.39 is 5.97 Å². The third-order valence-corrected chi connectivity index (χ3v) is 3.89. The first-order valence-electron chi connectivity index (χ1n) is 7.27.